The molecule has 2 aliphatic heterocycles. The van der Waals surface area contributed by atoms with Crippen LogP contribution < -0.4 is 25.0 Å². The molecule has 124 valence electrons. The molecule has 0 atom stereocenters. The normalized spacial score (nSPS) is 15.2. The number of ether oxygens (including phenoxy) is 2. The van der Waals surface area contributed by atoms with Crippen molar-refractivity contribution in [1.82, 2.24) is 0 Å². The Labute approximate surface area is 140 Å². The lowest BCUT2D eigenvalue weighted by molar-refractivity contribution is -0.115. The van der Waals surface area contributed by atoms with Gasteiger partial charge in [0.15, 0.2) is 11.5 Å². The topological polar surface area (TPSA) is 62.8 Å². The summed E-state index contributed by atoms with van der Waals surface area (Å²) >= 11 is 0. The SMILES string of the molecule is O=C(CN1CCCNc2ccccc21)Nc1ccc2c(c1)OCO2. The zero-order chi connectivity index (χ0) is 16.4. The van der Waals surface area contributed by atoms with Gasteiger partial charge in [-0.25, -0.2) is 0 Å². The summed E-state index contributed by atoms with van der Waals surface area (Å²) in [5, 5.41) is 6.34. The third kappa shape index (κ3) is 2.95. The van der Waals surface area contributed by atoms with Crippen molar-refractivity contribution in [1.29, 1.82) is 0 Å². The van der Waals surface area contributed by atoms with Gasteiger partial charge in [-0.3, -0.25) is 4.79 Å². The number of nitrogens with one attached hydrogen (secondary N) is 2. The molecular weight excluding hydrogens is 306 g/mol. The van der Waals surface area contributed by atoms with Gasteiger partial charge >= 0.3 is 0 Å². The van der Waals surface area contributed by atoms with Crippen LogP contribution in [0, 0.1) is 0 Å². The molecule has 2 aromatic rings. The third-order valence-electron chi connectivity index (χ3n) is 4.16. The van der Waals surface area contributed by atoms with E-state index in [2.05, 4.69) is 15.5 Å². The van der Waals surface area contributed by atoms with E-state index < -0.39 is 0 Å². The fourth-order valence-electron chi connectivity index (χ4n) is 3.02. The Morgan fingerprint density at radius 2 is 2.04 bits per heavy atom. The minimum absolute atomic E-state index is 0.0504. The molecule has 0 aliphatic carbocycles. The molecule has 1 amide bonds. The molecule has 0 aromatic heterocycles. The molecule has 6 nitrogen and oxygen atoms in total. The van der Waals surface area contributed by atoms with Gasteiger partial charge in [0.25, 0.3) is 0 Å². The zero-order valence-electron chi connectivity index (χ0n) is 13.2. The highest BCUT2D eigenvalue weighted by atomic mass is 16.7. The first-order chi connectivity index (χ1) is 11.8. The molecule has 0 saturated carbocycles. The summed E-state index contributed by atoms with van der Waals surface area (Å²) in [6, 6.07) is 13.5. The summed E-state index contributed by atoms with van der Waals surface area (Å²) in [7, 11) is 0. The van der Waals surface area contributed by atoms with Crippen molar-refractivity contribution < 1.29 is 14.3 Å². The van der Waals surface area contributed by atoms with Crippen LogP contribution in [-0.4, -0.2) is 32.3 Å². The molecule has 0 bridgehead atoms. The van der Waals surface area contributed by atoms with Crippen molar-refractivity contribution >= 4 is 23.0 Å². The Kier molecular flexibility index (Phi) is 3.86. The molecule has 0 saturated heterocycles. The summed E-state index contributed by atoms with van der Waals surface area (Å²) in [5.74, 6) is 1.32. The number of hydrogen-bond donors (Lipinski definition) is 2. The quantitative estimate of drug-likeness (QED) is 0.908. The lowest BCUT2D eigenvalue weighted by Crippen LogP contribution is -2.33. The number of rotatable bonds is 3. The summed E-state index contributed by atoms with van der Waals surface area (Å²) in [6.07, 6.45) is 0.992. The van der Waals surface area contributed by atoms with Gasteiger partial charge < -0.3 is 25.0 Å². The van der Waals surface area contributed by atoms with Crippen LogP contribution in [0.4, 0.5) is 17.1 Å². The molecular formula is C18H19N3O3. The van der Waals surface area contributed by atoms with Gasteiger partial charge in [-0.15, -0.1) is 0 Å². The first kappa shape index (κ1) is 14.7. The van der Waals surface area contributed by atoms with Crippen molar-refractivity contribution in [2.45, 2.75) is 6.42 Å². The second-order valence-electron chi connectivity index (χ2n) is 5.84. The molecule has 0 radical (unpaired) electrons. The predicted octanol–water partition coefficient (Wildman–Crippen LogP) is 2.68. The van der Waals surface area contributed by atoms with E-state index in [9.17, 15) is 4.79 Å². The molecule has 2 aromatic carbocycles. The average Bonchev–Trinajstić information content (AvgIpc) is 2.96. The van der Waals surface area contributed by atoms with Gasteiger partial charge in [0, 0.05) is 24.8 Å². The number of amides is 1. The van der Waals surface area contributed by atoms with Crippen LogP contribution in [0.15, 0.2) is 42.5 Å². The van der Waals surface area contributed by atoms with E-state index in [-0.39, 0.29) is 12.7 Å². The maximum atomic E-state index is 12.5. The van der Waals surface area contributed by atoms with Crippen LogP contribution >= 0.6 is 0 Å². The van der Waals surface area contributed by atoms with E-state index >= 15 is 0 Å². The van der Waals surface area contributed by atoms with E-state index in [0.717, 1.165) is 30.9 Å². The molecule has 0 unspecified atom stereocenters. The number of anilines is 3. The number of para-hydroxylation sites is 2. The molecule has 2 heterocycles. The van der Waals surface area contributed by atoms with Crippen molar-refractivity contribution in [3.8, 4) is 11.5 Å². The summed E-state index contributed by atoms with van der Waals surface area (Å²) in [5.41, 5.74) is 2.85. The summed E-state index contributed by atoms with van der Waals surface area (Å²) in [4.78, 5) is 14.6. The van der Waals surface area contributed by atoms with Gasteiger partial charge in [-0.2, -0.15) is 0 Å². The summed E-state index contributed by atoms with van der Waals surface area (Å²) < 4.78 is 10.6. The first-order valence-electron chi connectivity index (χ1n) is 8.07. The Balaban J connectivity index is 1.46. The fourth-order valence-corrected chi connectivity index (χ4v) is 3.02. The van der Waals surface area contributed by atoms with E-state index in [0.29, 0.717) is 23.7 Å². The van der Waals surface area contributed by atoms with Crippen LogP contribution in [0.25, 0.3) is 0 Å². The molecule has 0 fully saturated rings. The highest BCUT2D eigenvalue weighted by Gasteiger charge is 2.18. The van der Waals surface area contributed by atoms with Gasteiger partial charge in [-0.1, -0.05) is 12.1 Å². The predicted molar refractivity (Wildman–Crippen MR) is 93.0 cm³/mol. The smallest absolute Gasteiger partial charge is 0.243 e. The molecule has 2 aliphatic rings. The Morgan fingerprint density at radius 1 is 1.17 bits per heavy atom. The molecule has 24 heavy (non-hydrogen) atoms. The lowest BCUT2D eigenvalue weighted by atomic mass is 10.2. The second kappa shape index (κ2) is 6.31. The van der Waals surface area contributed by atoms with E-state index in [1.54, 1.807) is 6.07 Å². The number of benzene rings is 2. The minimum Gasteiger partial charge on any atom is -0.454 e. The second-order valence-corrected chi connectivity index (χ2v) is 5.84. The van der Waals surface area contributed by atoms with Gasteiger partial charge in [0.2, 0.25) is 12.7 Å². The zero-order valence-corrected chi connectivity index (χ0v) is 13.2. The number of fused-ring (bicyclic) bond motifs is 2. The average molecular weight is 325 g/mol. The standard InChI is InChI=1S/C18H19N3O3/c22-18(20-13-6-7-16-17(10-13)24-12-23-16)11-21-9-3-8-19-14-4-1-2-5-15(14)21/h1-2,4-7,10,19H,3,8-9,11-12H2,(H,20,22). The molecule has 2 N–H and O–H groups in total. The summed E-state index contributed by atoms with van der Waals surface area (Å²) in [6.45, 7) is 2.30. The van der Waals surface area contributed by atoms with Crippen LogP contribution in [0.5, 0.6) is 11.5 Å². The van der Waals surface area contributed by atoms with E-state index in [1.165, 1.54) is 0 Å². The Hall–Kier alpha value is -2.89. The molecule has 6 heteroatoms. The van der Waals surface area contributed by atoms with Crippen molar-refractivity contribution in [3.63, 3.8) is 0 Å². The number of carbonyl (C=O) groups excluding carboxylic acids is 1. The maximum Gasteiger partial charge on any atom is 0.243 e. The van der Waals surface area contributed by atoms with Crippen LogP contribution in [-0.2, 0) is 4.79 Å². The highest BCUT2D eigenvalue weighted by Crippen LogP contribution is 2.34. The van der Waals surface area contributed by atoms with Crippen molar-refractivity contribution in [3.05, 3.63) is 42.5 Å². The third-order valence-corrected chi connectivity index (χ3v) is 4.16. The Morgan fingerprint density at radius 3 is 3.00 bits per heavy atom. The van der Waals surface area contributed by atoms with E-state index in [1.807, 2.05) is 36.4 Å². The van der Waals surface area contributed by atoms with E-state index in [4.69, 9.17) is 9.47 Å². The van der Waals surface area contributed by atoms with Crippen LogP contribution in [0.3, 0.4) is 0 Å². The van der Waals surface area contributed by atoms with Gasteiger partial charge in [0.1, 0.15) is 0 Å². The molecule has 4 rings (SSSR count). The van der Waals surface area contributed by atoms with Crippen LogP contribution in [0.2, 0.25) is 0 Å². The van der Waals surface area contributed by atoms with Crippen LogP contribution in [0.1, 0.15) is 6.42 Å². The Bertz CT molecular complexity index is 763. The monoisotopic (exact) mass is 325 g/mol. The van der Waals surface area contributed by atoms with Gasteiger partial charge in [-0.05, 0) is 30.7 Å². The number of nitrogens with zero attached hydrogens (tertiary/aromatic N) is 1. The van der Waals surface area contributed by atoms with Crippen molar-refractivity contribution in [2.24, 2.45) is 0 Å². The maximum absolute atomic E-state index is 12.5. The molecule has 0 spiro atoms. The largest absolute Gasteiger partial charge is 0.454 e. The van der Waals surface area contributed by atoms with Gasteiger partial charge in [0.05, 0.1) is 17.9 Å². The lowest BCUT2D eigenvalue weighted by Gasteiger charge is -2.23. The highest BCUT2D eigenvalue weighted by molar-refractivity contribution is 5.95. The number of carbonyl (C=O) groups is 1. The first-order valence-corrected chi connectivity index (χ1v) is 8.07. The minimum atomic E-state index is -0.0504. The number of hydrogen-bond acceptors (Lipinski definition) is 5. The fraction of sp³-hybridized carbons (Fsp3) is 0.278. The van der Waals surface area contributed by atoms with Crippen molar-refractivity contribution in [2.75, 3.05) is 42.0 Å².